The van der Waals surface area contributed by atoms with Gasteiger partial charge in [0.2, 0.25) is 0 Å². The van der Waals surface area contributed by atoms with E-state index in [1.165, 1.54) is 6.26 Å². The minimum Gasteiger partial charge on any atom is -0.459 e. The van der Waals surface area contributed by atoms with Gasteiger partial charge in [0.25, 0.3) is 17.7 Å². The summed E-state index contributed by atoms with van der Waals surface area (Å²) < 4.78 is 11.7. The third kappa shape index (κ3) is 4.48. The first-order valence-corrected chi connectivity index (χ1v) is 8.90. The molecule has 1 N–H and O–H groups in total. The van der Waals surface area contributed by atoms with Gasteiger partial charge in [0, 0.05) is 26.3 Å². The second-order valence-corrected chi connectivity index (χ2v) is 6.53. The van der Waals surface area contributed by atoms with Crippen molar-refractivity contribution in [3.05, 3.63) is 48.2 Å². The number of imide groups is 1. The zero-order valence-electron chi connectivity index (χ0n) is 15.4. The summed E-state index contributed by atoms with van der Waals surface area (Å²) in [6.07, 6.45) is 4.00. The molecule has 9 nitrogen and oxygen atoms in total. The van der Waals surface area contributed by atoms with Crippen molar-refractivity contribution in [2.24, 2.45) is 13.0 Å². The van der Waals surface area contributed by atoms with E-state index in [1.54, 1.807) is 47.0 Å². The topological polar surface area (TPSA) is 111 Å². The molecule has 0 atom stereocenters. The molecule has 28 heavy (non-hydrogen) atoms. The van der Waals surface area contributed by atoms with Gasteiger partial charge in [-0.1, -0.05) is 0 Å². The lowest BCUT2D eigenvalue weighted by Crippen LogP contribution is -2.41. The lowest BCUT2D eigenvalue weighted by Gasteiger charge is -2.30. The number of hydrogen-bond donors (Lipinski definition) is 1. The highest BCUT2D eigenvalue weighted by Gasteiger charge is 2.30. The molecular weight excluding hydrogens is 366 g/mol. The normalized spacial score (nSPS) is 14.5. The van der Waals surface area contributed by atoms with Crippen LogP contribution in [-0.2, 0) is 21.4 Å². The molecule has 2 aromatic heterocycles. The molecule has 0 aliphatic carbocycles. The largest absolute Gasteiger partial charge is 0.459 e. The van der Waals surface area contributed by atoms with Gasteiger partial charge in [-0.15, -0.1) is 0 Å². The molecule has 3 rings (SSSR count). The molecule has 9 heteroatoms. The number of aromatic nitrogens is 1. The number of amides is 3. The third-order valence-corrected chi connectivity index (χ3v) is 4.62. The molecule has 3 amide bonds. The number of nitrogens with zero attached hydrogens (tertiary/aromatic N) is 2. The molecular formula is C19H21N3O6. The van der Waals surface area contributed by atoms with Crippen LogP contribution in [0.4, 0.5) is 0 Å². The smallest absolute Gasteiger partial charge is 0.309 e. The Bertz CT molecular complexity index is 862. The maximum absolute atomic E-state index is 12.2. The summed E-state index contributed by atoms with van der Waals surface area (Å²) in [5, 5.41) is 2.18. The second-order valence-electron chi connectivity index (χ2n) is 6.53. The number of furan rings is 1. The Balaban J connectivity index is 1.41. The summed E-state index contributed by atoms with van der Waals surface area (Å²) in [4.78, 5) is 49.8. The predicted octanol–water partition coefficient (Wildman–Crippen LogP) is 0.970. The molecule has 0 aromatic carbocycles. The summed E-state index contributed by atoms with van der Waals surface area (Å²) >= 11 is 0. The third-order valence-electron chi connectivity index (χ3n) is 4.62. The summed E-state index contributed by atoms with van der Waals surface area (Å²) in [7, 11) is 1.68. The zero-order valence-corrected chi connectivity index (χ0v) is 15.4. The van der Waals surface area contributed by atoms with E-state index in [4.69, 9.17) is 9.15 Å². The molecule has 0 bridgehead atoms. The second kappa shape index (κ2) is 8.55. The Kier molecular flexibility index (Phi) is 5.93. The van der Waals surface area contributed by atoms with Crippen molar-refractivity contribution >= 4 is 23.7 Å². The first-order chi connectivity index (χ1) is 13.5. The van der Waals surface area contributed by atoms with Gasteiger partial charge in [0.1, 0.15) is 5.69 Å². The van der Waals surface area contributed by atoms with Gasteiger partial charge in [0.15, 0.2) is 12.4 Å². The summed E-state index contributed by atoms with van der Waals surface area (Å²) in [5.41, 5.74) is 0.327. The van der Waals surface area contributed by atoms with Crippen molar-refractivity contribution in [2.75, 3.05) is 19.7 Å². The average Bonchev–Trinajstić information content (AvgIpc) is 3.37. The van der Waals surface area contributed by atoms with Crippen LogP contribution in [0.2, 0.25) is 0 Å². The maximum atomic E-state index is 12.2. The zero-order chi connectivity index (χ0) is 20.1. The average molecular weight is 387 g/mol. The minimum atomic E-state index is -0.690. The number of piperidine rings is 1. The van der Waals surface area contributed by atoms with Gasteiger partial charge in [-0.3, -0.25) is 24.5 Å². The van der Waals surface area contributed by atoms with E-state index in [2.05, 4.69) is 5.32 Å². The van der Waals surface area contributed by atoms with E-state index in [0.29, 0.717) is 31.6 Å². The Morgan fingerprint density at radius 1 is 1.18 bits per heavy atom. The number of rotatable bonds is 5. The SMILES string of the molecule is Cn1cccc1C(=O)NC(=O)COC(=O)C1CCN(C(=O)c2ccco2)CC1. The van der Waals surface area contributed by atoms with E-state index in [1.807, 2.05) is 0 Å². The molecule has 3 heterocycles. The molecule has 1 aliphatic rings. The molecule has 1 saturated heterocycles. The molecule has 0 radical (unpaired) electrons. The van der Waals surface area contributed by atoms with Gasteiger partial charge in [-0.25, -0.2) is 0 Å². The Labute approximate surface area is 161 Å². The monoisotopic (exact) mass is 387 g/mol. The highest BCUT2D eigenvalue weighted by atomic mass is 16.5. The Hall–Kier alpha value is -3.36. The Morgan fingerprint density at radius 2 is 1.93 bits per heavy atom. The number of ether oxygens (including phenoxy) is 1. The molecule has 2 aromatic rings. The number of hydrogen-bond acceptors (Lipinski definition) is 6. The summed E-state index contributed by atoms with van der Waals surface area (Å²) in [5.74, 6) is -2.09. The molecule has 0 unspecified atom stereocenters. The first kappa shape index (κ1) is 19.4. The van der Waals surface area contributed by atoms with Crippen molar-refractivity contribution in [1.82, 2.24) is 14.8 Å². The fourth-order valence-electron chi connectivity index (χ4n) is 3.05. The van der Waals surface area contributed by atoms with Crippen LogP contribution in [0.1, 0.15) is 33.9 Å². The van der Waals surface area contributed by atoms with Crippen LogP contribution in [0.25, 0.3) is 0 Å². The molecule has 1 aliphatic heterocycles. The van der Waals surface area contributed by atoms with Crippen molar-refractivity contribution in [1.29, 1.82) is 0 Å². The van der Waals surface area contributed by atoms with E-state index in [0.717, 1.165) is 0 Å². The quantitative estimate of drug-likeness (QED) is 0.766. The minimum absolute atomic E-state index is 0.213. The molecule has 1 fully saturated rings. The lowest BCUT2D eigenvalue weighted by molar-refractivity contribution is -0.153. The molecule has 0 saturated carbocycles. The van der Waals surface area contributed by atoms with Crippen molar-refractivity contribution in [3.63, 3.8) is 0 Å². The van der Waals surface area contributed by atoms with Gasteiger partial charge >= 0.3 is 5.97 Å². The fourth-order valence-corrected chi connectivity index (χ4v) is 3.05. The van der Waals surface area contributed by atoms with Crippen molar-refractivity contribution in [3.8, 4) is 0 Å². The Morgan fingerprint density at radius 3 is 2.54 bits per heavy atom. The number of aryl methyl sites for hydroxylation is 1. The number of likely N-dealkylation sites (tertiary alicyclic amines) is 1. The van der Waals surface area contributed by atoms with Gasteiger partial charge in [-0.05, 0) is 37.1 Å². The van der Waals surface area contributed by atoms with Gasteiger partial charge in [-0.2, -0.15) is 0 Å². The van der Waals surface area contributed by atoms with Crippen LogP contribution in [0.5, 0.6) is 0 Å². The first-order valence-electron chi connectivity index (χ1n) is 8.90. The highest BCUT2D eigenvalue weighted by molar-refractivity contribution is 6.04. The number of esters is 1. The number of carbonyl (C=O) groups is 4. The summed E-state index contributed by atoms with van der Waals surface area (Å²) in [6, 6.07) is 6.50. The van der Waals surface area contributed by atoms with Crippen LogP contribution in [0.15, 0.2) is 41.1 Å². The molecule has 0 spiro atoms. The van der Waals surface area contributed by atoms with E-state index >= 15 is 0 Å². The van der Waals surface area contributed by atoms with Crippen LogP contribution < -0.4 is 5.32 Å². The van der Waals surface area contributed by atoms with Crippen molar-refractivity contribution < 1.29 is 28.3 Å². The highest BCUT2D eigenvalue weighted by Crippen LogP contribution is 2.20. The number of carbonyl (C=O) groups excluding carboxylic acids is 4. The van der Waals surface area contributed by atoms with E-state index < -0.39 is 30.3 Å². The van der Waals surface area contributed by atoms with Crippen LogP contribution in [0, 0.1) is 5.92 Å². The van der Waals surface area contributed by atoms with Crippen LogP contribution in [0.3, 0.4) is 0 Å². The predicted molar refractivity (Wildman–Crippen MR) is 96.2 cm³/mol. The summed E-state index contributed by atoms with van der Waals surface area (Å²) in [6.45, 7) is 0.273. The van der Waals surface area contributed by atoms with E-state index in [-0.39, 0.29) is 11.7 Å². The van der Waals surface area contributed by atoms with Crippen LogP contribution in [-0.4, -0.2) is 52.9 Å². The van der Waals surface area contributed by atoms with Crippen molar-refractivity contribution in [2.45, 2.75) is 12.8 Å². The van der Waals surface area contributed by atoms with Gasteiger partial charge < -0.3 is 18.6 Å². The number of nitrogens with one attached hydrogen (secondary N) is 1. The van der Waals surface area contributed by atoms with E-state index in [9.17, 15) is 19.2 Å². The standard InChI is InChI=1S/C19H21N3O6/c1-21-8-2-4-14(21)17(24)20-16(23)12-28-19(26)13-6-9-22(10-7-13)18(25)15-5-3-11-27-15/h2-5,8,11,13H,6-7,9-10,12H2,1H3,(H,20,23,24). The fraction of sp³-hybridized carbons (Fsp3) is 0.368. The van der Waals surface area contributed by atoms with Gasteiger partial charge in [0.05, 0.1) is 12.2 Å². The molecule has 148 valence electrons. The lowest BCUT2D eigenvalue weighted by atomic mass is 9.97. The van der Waals surface area contributed by atoms with Crippen LogP contribution >= 0.6 is 0 Å². The maximum Gasteiger partial charge on any atom is 0.309 e.